The molecule has 15 heavy (non-hydrogen) atoms. The van der Waals surface area contributed by atoms with Crippen LogP contribution in [0.5, 0.6) is 0 Å². The fraction of sp³-hybridized carbons (Fsp3) is 0.333. The third kappa shape index (κ3) is 3.53. The Morgan fingerprint density at radius 1 is 1.13 bits per heavy atom. The zero-order valence-corrected chi connectivity index (χ0v) is 8.76. The second kappa shape index (κ2) is 5.74. The standard InChI is InChI=1S/C12H15BO2/c1-2-6-12(7-3-1)8-4-9-13-14-10-5-11-15-13/h1-4,6-8H,5,9-11H2/b8-4+. The molecule has 78 valence electrons. The second-order valence-corrected chi connectivity index (χ2v) is 3.57. The van der Waals surface area contributed by atoms with Crippen LogP contribution >= 0.6 is 0 Å². The van der Waals surface area contributed by atoms with Crippen molar-refractivity contribution in [3.8, 4) is 0 Å². The zero-order chi connectivity index (χ0) is 10.3. The van der Waals surface area contributed by atoms with E-state index in [1.165, 1.54) is 5.56 Å². The van der Waals surface area contributed by atoms with Crippen LogP contribution in [0.1, 0.15) is 12.0 Å². The summed E-state index contributed by atoms with van der Waals surface area (Å²) < 4.78 is 10.9. The number of hydrogen-bond donors (Lipinski definition) is 0. The Bertz CT molecular complexity index is 305. The molecule has 1 fully saturated rings. The zero-order valence-electron chi connectivity index (χ0n) is 8.76. The lowest BCUT2D eigenvalue weighted by Gasteiger charge is -2.18. The molecule has 1 aromatic carbocycles. The first-order valence-corrected chi connectivity index (χ1v) is 5.40. The Morgan fingerprint density at radius 3 is 2.60 bits per heavy atom. The van der Waals surface area contributed by atoms with E-state index in [2.05, 4.69) is 24.3 Å². The van der Waals surface area contributed by atoms with Crippen LogP contribution in [-0.2, 0) is 9.31 Å². The lowest BCUT2D eigenvalue weighted by Crippen LogP contribution is -2.28. The number of benzene rings is 1. The number of rotatable bonds is 3. The van der Waals surface area contributed by atoms with Crippen molar-refractivity contribution in [1.82, 2.24) is 0 Å². The van der Waals surface area contributed by atoms with Crippen LogP contribution in [0.15, 0.2) is 36.4 Å². The summed E-state index contributed by atoms with van der Waals surface area (Å²) in [6.07, 6.45) is 6.04. The molecular formula is C12H15BO2. The summed E-state index contributed by atoms with van der Waals surface area (Å²) in [7, 11) is -0.0429. The third-order valence-electron chi connectivity index (χ3n) is 2.33. The van der Waals surface area contributed by atoms with Crippen LogP contribution in [0, 0.1) is 0 Å². The molecule has 0 spiro atoms. The van der Waals surface area contributed by atoms with Gasteiger partial charge in [-0.2, -0.15) is 0 Å². The summed E-state index contributed by atoms with van der Waals surface area (Å²) in [6, 6.07) is 10.3. The molecule has 2 nitrogen and oxygen atoms in total. The highest BCUT2D eigenvalue weighted by Gasteiger charge is 2.19. The summed E-state index contributed by atoms with van der Waals surface area (Å²) in [5, 5.41) is 0. The summed E-state index contributed by atoms with van der Waals surface area (Å²) in [5.41, 5.74) is 1.22. The summed E-state index contributed by atoms with van der Waals surface area (Å²) in [4.78, 5) is 0. The van der Waals surface area contributed by atoms with E-state index in [9.17, 15) is 0 Å². The monoisotopic (exact) mass is 202 g/mol. The van der Waals surface area contributed by atoms with E-state index < -0.39 is 0 Å². The second-order valence-electron chi connectivity index (χ2n) is 3.57. The first-order chi connectivity index (χ1) is 7.45. The van der Waals surface area contributed by atoms with Gasteiger partial charge in [0, 0.05) is 19.5 Å². The SMILES string of the molecule is C(=C\c1ccccc1)/CB1OCCCO1. The van der Waals surface area contributed by atoms with E-state index in [1.807, 2.05) is 18.2 Å². The molecule has 3 heteroatoms. The van der Waals surface area contributed by atoms with Gasteiger partial charge in [0.15, 0.2) is 0 Å². The van der Waals surface area contributed by atoms with Crippen LogP contribution in [0.4, 0.5) is 0 Å². The van der Waals surface area contributed by atoms with E-state index in [1.54, 1.807) is 0 Å². The minimum Gasteiger partial charge on any atom is -0.411 e. The van der Waals surface area contributed by atoms with E-state index in [-0.39, 0.29) is 7.12 Å². The average molecular weight is 202 g/mol. The molecule has 0 unspecified atom stereocenters. The molecule has 0 radical (unpaired) electrons. The Labute approximate surface area is 91.0 Å². The van der Waals surface area contributed by atoms with Crippen LogP contribution in [0.3, 0.4) is 0 Å². The van der Waals surface area contributed by atoms with E-state index in [4.69, 9.17) is 9.31 Å². The predicted molar refractivity (Wildman–Crippen MR) is 62.6 cm³/mol. The minimum atomic E-state index is -0.0429. The summed E-state index contributed by atoms with van der Waals surface area (Å²) >= 11 is 0. The fourth-order valence-electron chi connectivity index (χ4n) is 1.55. The molecule has 1 saturated heterocycles. The van der Waals surface area contributed by atoms with Crippen molar-refractivity contribution in [2.24, 2.45) is 0 Å². The van der Waals surface area contributed by atoms with Gasteiger partial charge in [0.05, 0.1) is 0 Å². The molecule has 1 heterocycles. The van der Waals surface area contributed by atoms with Gasteiger partial charge in [-0.05, 0) is 12.0 Å². The quantitative estimate of drug-likeness (QED) is 0.701. The lowest BCUT2D eigenvalue weighted by molar-refractivity contribution is 0.136. The Kier molecular flexibility index (Phi) is 4.00. The van der Waals surface area contributed by atoms with Gasteiger partial charge in [0.25, 0.3) is 0 Å². The van der Waals surface area contributed by atoms with Gasteiger partial charge in [-0.3, -0.25) is 0 Å². The highest BCUT2D eigenvalue weighted by molar-refractivity contribution is 6.45. The van der Waals surface area contributed by atoms with Crippen molar-refractivity contribution in [1.29, 1.82) is 0 Å². The molecule has 0 bridgehead atoms. The van der Waals surface area contributed by atoms with Crippen molar-refractivity contribution >= 4 is 13.2 Å². The molecule has 0 saturated carbocycles. The first-order valence-electron chi connectivity index (χ1n) is 5.40. The molecule has 1 aliphatic heterocycles. The molecule has 0 amide bonds. The molecule has 0 aliphatic carbocycles. The summed E-state index contributed by atoms with van der Waals surface area (Å²) in [6.45, 7) is 1.65. The summed E-state index contributed by atoms with van der Waals surface area (Å²) in [5.74, 6) is 0. The smallest absolute Gasteiger partial charge is 0.411 e. The van der Waals surface area contributed by atoms with Crippen LogP contribution in [0.2, 0.25) is 6.32 Å². The third-order valence-corrected chi connectivity index (χ3v) is 2.33. The molecule has 1 aliphatic rings. The van der Waals surface area contributed by atoms with Gasteiger partial charge in [0.1, 0.15) is 0 Å². The topological polar surface area (TPSA) is 18.5 Å². The van der Waals surface area contributed by atoms with Crippen molar-refractivity contribution in [3.63, 3.8) is 0 Å². The van der Waals surface area contributed by atoms with E-state index in [0.29, 0.717) is 0 Å². The van der Waals surface area contributed by atoms with Crippen molar-refractivity contribution in [2.45, 2.75) is 12.7 Å². The largest absolute Gasteiger partial charge is 0.460 e. The predicted octanol–water partition coefficient (Wildman–Crippen LogP) is 2.62. The van der Waals surface area contributed by atoms with Crippen molar-refractivity contribution in [2.75, 3.05) is 13.2 Å². The highest BCUT2D eigenvalue weighted by atomic mass is 16.6. The Hall–Kier alpha value is -1.06. The maximum absolute atomic E-state index is 5.44. The molecule has 0 atom stereocenters. The average Bonchev–Trinajstić information content (AvgIpc) is 2.32. The lowest BCUT2D eigenvalue weighted by atomic mass is 9.83. The molecular weight excluding hydrogens is 187 g/mol. The van der Waals surface area contributed by atoms with Gasteiger partial charge in [0.2, 0.25) is 0 Å². The maximum atomic E-state index is 5.44. The molecule has 0 N–H and O–H groups in total. The van der Waals surface area contributed by atoms with E-state index in [0.717, 1.165) is 26.0 Å². The highest BCUT2D eigenvalue weighted by Crippen LogP contribution is 2.08. The number of hydrogen-bond acceptors (Lipinski definition) is 2. The van der Waals surface area contributed by atoms with Gasteiger partial charge in [-0.1, -0.05) is 42.5 Å². The molecule has 1 aromatic rings. The Balaban J connectivity index is 1.79. The van der Waals surface area contributed by atoms with Gasteiger partial charge in [-0.25, -0.2) is 0 Å². The molecule has 2 rings (SSSR count). The van der Waals surface area contributed by atoms with Crippen LogP contribution in [-0.4, -0.2) is 20.3 Å². The minimum absolute atomic E-state index is 0.0429. The normalized spacial score (nSPS) is 17.2. The van der Waals surface area contributed by atoms with Gasteiger partial charge in [-0.15, -0.1) is 0 Å². The van der Waals surface area contributed by atoms with Crippen LogP contribution in [0.25, 0.3) is 6.08 Å². The first kappa shape index (κ1) is 10.5. The maximum Gasteiger partial charge on any atom is 0.460 e. The van der Waals surface area contributed by atoms with E-state index >= 15 is 0 Å². The molecule has 0 aromatic heterocycles. The van der Waals surface area contributed by atoms with Crippen molar-refractivity contribution < 1.29 is 9.31 Å². The number of allylic oxidation sites excluding steroid dienone is 1. The van der Waals surface area contributed by atoms with Crippen LogP contribution < -0.4 is 0 Å². The Morgan fingerprint density at radius 2 is 1.87 bits per heavy atom. The van der Waals surface area contributed by atoms with Gasteiger partial charge >= 0.3 is 7.12 Å². The van der Waals surface area contributed by atoms with Gasteiger partial charge < -0.3 is 9.31 Å². The van der Waals surface area contributed by atoms with Crippen molar-refractivity contribution in [3.05, 3.63) is 42.0 Å². The fourth-order valence-corrected chi connectivity index (χ4v) is 1.55.